The zero-order valence-corrected chi connectivity index (χ0v) is 16.4. The Hall–Kier alpha value is -3.75. The Morgan fingerprint density at radius 3 is 1.60 bits per heavy atom. The van der Waals surface area contributed by atoms with E-state index in [9.17, 15) is 15.1 Å². The van der Waals surface area contributed by atoms with E-state index in [0.717, 1.165) is 0 Å². The van der Waals surface area contributed by atoms with E-state index >= 15 is 0 Å². The fourth-order valence-corrected chi connectivity index (χ4v) is 4.12. The number of ether oxygens (including phenoxy) is 2. The van der Waals surface area contributed by atoms with Crippen LogP contribution < -0.4 is 20.9 Å². The number of nitriles is 2. The smallest absolute Gasteiger partial charge is 0.321 e. The lowest BCUT2D eigenvalue weighted by molar-refractivity contribution is 0.149. The topological polar surface area (TPSA) is 154 Å². The molecule has 4 rings (SSSR count). The van der Waals surface area contributed by atoms with Crippen molar-refractivity contribution < 1.29 is 23.1 Å². The second kappa shape index (κ2) is 7.94. The van der Waals surface area contributed by atoms with Gasteiger partial charge in [-0.1, -0.05) is 36.4 Å². The number of nitrogens with zero attached hydrogens (tertiary/aromatic N) is 2. The fourth-order valence-electron chi connectivity index (χ4n) is 3.19. The van der Waals surface area contributed by atoms with Crippen LogP contribution in [0.4, 0.5) is 0 Å². The molecule has 150 valence electrons. The summed E-state index contributed by atoms with van der Waals surface area (Å²) in [5, 5.41) is 18.9. The molecule has 30 heavy (non-hydrogen) atoms. The van der Waals surface area contributed by atoms with E-state index in [0.29, 0.717) is 22.6 Å². The summed E-state index contributed by atoms with van der Waals surface area (Å²) in [6.45, 7) is 0. The summed E-state index contributed by atoms with van der Waals surface area (Å²) >= 11 is 0. The molecule has 0 bridgehead atoms. The first-order valence-corrected chi connectivity index (χ1v) is 9.96. The maximum absolute atomic E-state index is 12.8. The van der Waals surface area contributed by atoms with E-state index in [1.807, 2.05) is 12.1 Å². The quantitative estimate of drug-likeness (QED) is 0.707. The van der Waals surface area contributed by atoms with Gasteiger partial charge in [0.2, 0.25) is 11.8 Å². The van der Waals surface area contributed by atoms with Crippen LogP contribution in [-0.2, 0) is 13.6 Å². The molecule has 0 saturated heterocycles. The van der Waals surface area contributed by atoms with Crippen molar-refractivity contribution in [1.29, 1.82) is 10.5 Å². The SMILES string of the molecule is N#CC1=C(N)Oc2ccccc2C1O[PH](=O)OC1C(C#N)=C(N)Oc2ccccc21. The molecule has 2 heterocycles. The highest BCUT2D eigenvalue weighted by Gasteiger charge is 2.35. The molecule has 0 aliphatic carbocycles. The highest BCUT2D eigenvalue weighted by molar-refractivity contribution is 7.33. The zero-order valence-electron chi connectivity index (χ0n) is 15.4. The second-order valence-corrected chi connectivity index (χ2v) is 7.28. The standard InChI is InChI=1S/C20H15N4O5P/c21-9-13-17(11-5-1-3-7-15(11)26-19(13)23)28-30(25)29-18-12-6-2-4-8-16(12)27-20(24)14(18)10-22/h1-8,17-18,30H,23-24H2. The lowest BCUT2D eigenvalue weighted by Gasteiger charge is -2.28. The van der Waals surface area contributed by atoms with Gasteiger partial charge in [0, 0.05) is 11.1 Å². The summed E-state index contributed by atoms with van der Waals surface area (Å²) in [4.78, 5) is 0. The Labute approximate surface area is 172 Å². The molecule has 2 aromatic carbocycles. The van der Waals surface area contributed by atoms with Crippen LogP contribution in [-0.4, -0.2) is 0 Å². The van der Waals surface area contributed by atoms with Crippen LogP contribution in [0.3, 0.4) is 0 Å². The molecule has 0 spiro atoms. The number of hydrogen-bond donors (Lipinski definition) is 2. The predicted octanol–water partition coefficient (Wildman–Crippen LogP) is 3.06. The molecule has 4 N–H and O–H groups in total. The van der Waals surface area contributed by atoms with Crippen molar-refractivity contribution in [2.75, 3.05) is 0 Å². The molecule has 2 aliphatic heterocycles. The average Bonchev–Trinajstić information content (AvgIpc) is 2.74. The molecule has 0 saturated carbocycles. The molecule has 2 atom stereocenters. The summed E-state index contributed by atoms with van der Waals surface area (Å²) in [6.07, 6.45) is -2.10. The molecule has 2 aliphatic rings. The Bertz CT molecular complexity index is 1100. The van der Waals surface area contributed by atoms with Crippen molar-refractivity contribution in [1.82, 2.24) is 0 Å². The van der Waals surface area contributed by atoms with Gasteiger partial charge < -0.3 is 20.9 Å². The largest absolute Gasteiger partial charge is 0.440 e. The molecule has 0 amide bonds. The number of rotatable bonds is 4. The maximum Gasteiger partial charge on any atom is 0.321 e. The van der Waals surface area contributed by atoms with Gasteiger partial charge >= 0.3 is 8.25 Å². The molecule has 9 nitrogen and oxygen atoms in total. The fraction of sp³-hybridized carbons (Fsp3) is 0.100. The first kappa shape index (κ1) is 19.6. The van der Waals surface area contributed by atoms with Crippen LogP contribution in [0.25, 0.3) is 0 Å². The third kappa shape index (κ3) is 3.38. The second-order valence-electron chi connectivity index (χ2n) is 6.31. The number of benzene rings is 2. The van der Waals surface area contributed by atoms with Crippen LogP contribution in [0.15, 0.2) is 71.4 Å². The molecular weight excluding hydrogens is 407 g/mol. The number of para-hydroxylation sites is 2. The Kier molecular flexibility index (Phi) is 5.18. The van der Waals surface area contributed by atoms with Crippen molar-refractivity contribution in [2.24, 2.45) is 11.5 Å². The van der Waals surface area contributed by atoms with E-state index in [-0.39, 0.29) is 22.9 Å². The van der Waals surface area contributed by atoms with Crippen molar-refractivity contribution in [2.45, 2.75) is 12.2 Å². The predicted molar refractivity (Wildman–Crippen MR) is 104 cm³/mol. The van der Waals surface area contributed by atoms with Crippen LogP contribution in [0.2, 0.25) is 0 Å². The molecule has 10 heteroatoms. The minimum atomic E-state index is -3.24. The number of hydrogen-bond acceptors (Lipinski definition) is 9. The van der Waals surface area contributed by atoms with Crippen LogP contribution >= 0.6 is 8.25 Å². The van der Waals surface area contributed by atoms with Gasteiger partial charge in [0.05, 0.1) is 0 Å². The summed E-state index contributed by atoms with van der Waals surface area (Å²) in [6, 6.07) is 17.4. The summed E-state index contributed by atoms with van der Waals surface area (Å²) < 4.78 is 34.9. The van der Waals surface area contributed by atoms with Crippen molar-refractivity contribution in [3.05, 3.63) is 82.6 Å². The Balaban J connectivity index is 1.64. The highest BCUT2D eigenvalue weighted by atomic mass is 31.1. The third-order valence-corrected chi connectivity index (χ3v) is 5.42. The highest BCUT2D eigenvalue weighted by Crippen LogP contribution is 2.49. The minimum absolute atomic E-state index is 0.0291. The molecule has 0 fully saturated rings. The van der Waals surface area contributed by atoms with Crippen LogP contribution in [0, 0.1) is 22.7 Å². The monoisotopic (exact) mass is 422 g/mol. The van der Waals surface area contributed by atoms with E-state index < -0.39 is 20.5 Å². The van der Waals surface area contributed by atoms with Crippen LogP contribution in [0.5, 0.6) is 11.5 Å². The first-order valence-electron chi connectivity index (χ1n) is 8.73. The minimum Gasteiger partial charge on any atom is -0.440 e. The maximum atomic E-state index is 12.8. The van der Waals surface area contributed by atoms with E-state index in [2.05, 4.69) is 0 Å². The summed E-state index contributed by atoms with van der Waals surface area (Å²) in [5.74, 6) is 0.475. The van der Waals surface area contributed by atoms with Gasteiger partial charge in [0.1, 0.15) is 47.0 Å². The average molecular weight is 422 g/mol. The van der Waals surface area contributed by atoms with Gasteiger partial charge in [0.15, 0.2) is 0 Å². The molecule has 0 aromatic heterocycles. The van der Waals surface area contributed by atoms with Gasteiger partial charge in [-0.05, 0) is 12.1 Å². The molecule has 2 aromatic rings. The molecular formula is C20H15N4O5P. The molecule has 0 radical (unpaired) electrons. The van der Waals surface area contributed by atoms with E-state index in [1.54, 1.807) is 48.5 Å². The number of nitrogens with two attached hydrogens (primary N) is 2. The lowest BCUT2D eigenvalue weighted by Crippen LogP contribution is -2.22. The van der Waals surface area contributed by atoms with Crippen molar-refractivity contribution in [3.63, 3.8) is 0 Å². The van der Waals surface area contributed by atoms with Crippen LogP contribution in [0.1, 0.15) is 23.3 Å². The Morgan fingerprint density at radius 2 is 1.20 bits per heavy atom. The Morgan fingerprint density at radius 1 is 0.800 bits per heavy atom. The van der Waals surface area contributed by atoms with Crippen molar-refractivity contribution in [3.8, 4) is 23.6 Å². The van der Waals surface area contributed by atoms with E-state index in [1.165, 1.54) is 0 Å². The van der Waals surface area contributed by atoms with E-state index in [4.69, 9.17) is 30.0 Å². The first-order chi connectivity index (χ1) is 14.5. The lowest BCUT2D eigenvalue weighted by atomic mass is 10.00. The normalized spacial score (nSPS) is 20.7. The van der Waals surface area contributed by atoms with Gasteiger partial charge in [-0.25, -0.2) is 0 Å². The zero-order chi connectivity index (χ0) is 21.3. The van der Waals surface area contributed by atoms with Gasteiger partial charge in [-0.15, -0.1) is 0 Å². The van der Waals surface area contributed by atoms with Gasteiger partial charge in [-0.3, -0.25) is 13.6 Å². The third-order valence-electron chi connectivity index (χ3n) is 4.57. The molecule has 2 unspecified atom stereocenters. The summed E-state index contributed by atoms with van der Waals surface area (Å²) in [5.41, 5.74) is 12.5. The number of fused-ring (bicyclic) bond motifs is 2. The van der Waals surface area contributed by atoms with Gasteiger partial charge in [0.25, 0.3) is 0 Å². The summed E-state index contributed by atoms with van der Waals surface area (Å²) in [7, 11) is -3.24. The van der Waals surface area contributed by atoms with Gasteiger partial charge in [-0.2, -0.15) is 10.5 Å². The van der Waals surface area contributed by atoms with Crippen molar-refractivity contribution >= 4 is 8.25 Å².